The van der Waals surface area contributed by atoms with Crippen molar-refractivity contribution < 1.29 is 23.7 Å². The van der Waals surface area contributed by atoms with Gasteiger partial charge < -0.3 is 18.9 Å². The lowest BCUT2D eigenvalue weighted by Gasteiger charge is -2.29. The lowest BCUT2D eigenvalue weighted by Crippen LogP contribution is -2.32. The molecule has 168 valence electrons. The van der Waals surface area contributed by atoms with E-state index in [-0.39, 0.29) is 37.4 Å². The van der Waals surface area contributed by atoms with Crippen LogP contribution in [0.1, 0.15) is 49.3 Å². The number of allylic oxidation sites excluding steroid dienone is 1. The molecule has 2 aromatic carbocycles. The van der Waals surface area contributed by atoms with E-state index in [4.69, 9.17) is 24.0 Å². The average molecular weight is 444 g/mol. The second kappa shape index (κ2) is 7.27. The van der Waals surface area contributed by atoms with Crippen LogP contribution in [0.4, 0.5) is 0 Å². The van der Waals surface area contributed by atoms with E-state index in [1.54, 1.807) is 5.01 Å². The Bertz CT molecular complexity index is 1220. The van der Waals surface area contributed by atoms with Crippen molar-refractivity contribution >= 4 is 17.7 Å². The molecule has 0 radical (unpaired) electrons. The van der Waals surface area contributed by atoms with Crippen molar-refractivity contribution in [3.8, 4) is 23.0 Å². The summed E-state index contributed by atoms with van der Waals surface area (Å²) < 4.78 is 22.1. The molecule has 2 aromatic rings. The Morgan fingerprint density at radius 3 is 2.42 bits per heavy atom. The lowest BCUT2D eigenvalue weighted by molar-refractivity contribution is -0.135. The molecule has 2 saturated carbocycles. The number of hydrogen-bond acceptors (Lipinski definition) is 6. The molecule has 2 unspecified atom stereocenters. The summed E-state index contributed by atoms with van der Waals surface area (Å²) in [5.41, 5.74) is 4.35. The Hall–Kier alpha value is -3.48. The van der Waals surface area contributed by atoms with Crippen LogP contribution in [0.3, 0.4) is 0 Å². The first-order valence-corrected chi connectivity index (χ1v) is 11.7. The first-order valence-electron chi connectivity index (χ1n) is 11.7. The van der Waals surface area contributed by atoms with E-state index in [9.17, 15) is 4.79 Å². The van der Waals surface area contributed by atoms with Crippen molar-refractivity contribution in [2.75, 3.05) is 13.6 Å². The van der Waals surface area contributed by atoms with Crippen molar-refractivity contribution in [3.63, 3.8) is 0 Å². The molecule has 2 aliphatic carbocycles. The van der Waals surface area contributed by atoms with Gasteiger partial charge in [0.2, 0.25) is 19.5 Å². The Balaban J connectivity index is 1.27. The molecular weight excluding hydrogens is 420 g/mol. The Kier molecular flexibility index (Phi) is 4.19. The summed E-state index contributed by atoms with van der Waals surface area (Å²) in [6.45, 7) is 0.501. The molecular formula is C26H24N2O5. The van der Waals surface area contributed by atoms with Gasteiger partial charge in [0.15, 0.2) is 23.0 Å². The highest BCUT2D eigenvalue weighted by Crippen LogP contribution is 2.48. The van der Waals surface area contributed by atoms with Gasteiger partial charge in [-0.15, -0.1) is 0 Å². The molecule has 1 amide bonds. The van der Waals surface area contributed by atoms with E-state index in [1.807, 2.05) is 30.3 Å². The minimum atomic E-state index is -0.108. The molecule has 0 bridgehead atoms. The van der Waals surface area contributed by atoms with Crippen LogP contribution in [0.2, 0.25) is 0 Å². The molecule has 0 saturated heterocycles. The van der Waals surface area contributed by atoms with E-state index < -0.39 is 0 Å². The van der Waals surface area contributed by atoms with Crippen LogP contribution in [0, 0.1) is 11.8 Å². The first kappa shape index (κ1) is 19.0. The van der Waals surface area contributed by atoms with Crippen LogP contribution in [-0.2, 0) is 4.79 Å². The van der Waals surface area contributed by atoms with E-state index in [0.717, 1.165) is 71.9 Å². The van der Waals surface area contributed by atoms with Crippen LogP contribution in [0.15, 0.2) is 47.1 Å². The normalized spacial score (nSPS) is 25.9. The molecule has 33 heavy (non-hydrogen) atoms. The summed E-state index contributed by atoms with van der Waals surface area (Å²) in [6.07, 6.45) is 7.12. The molecule has 7 heteroatoms. The average Bonchev–Trinajstić information content (AvgIpc) is 3.23. The van der Waals surface area contributed by atoms with Crippen LogP contribution in [0.5, 0.6) is 23.0 Å². The molecule has 2 atom stereocenters. The van der Waals surface area contributed by atoms with Crippen LogP contribution in [0.25, 0.3) is 6.08 Å². The van der Waals surface area contributed by atoms with E-state index in [1.165, 1.54) is 5.57 Å². The zero-order valence-electron chi connectivity index (χ0n) is 18.2. The van der Waals surface area contributed by atoms with Crippen molar-refractivity contribution in [2.24, 2.45) is 16.9 Å². The first-order chi connectivity index (χ1) is 16.2. The minimum absolute atomic E-state index is 0.104. The molecule has 0 N–H and O–H groups in total. The summed E-state index contributed by atoms with van der Waals surface area (Å²) in [7, 11) is 0. The van der Waals surface area contributed by atoms with Gasteiger partial charge in [-0.25, -0.2) is 5.01 Å². The van der Waals surface area contributed by atoms with Gasteiger partial charge in [-0.05, 0) is 79.1 Å². The molecule has 5 aliphatic rings. The zero-order chi connectivity index (χ0) is 21.9. The molecule has 7 rings (SSSR count). The minimum Gasteiger partial charge on any atom is -0.454 e. The highest BCUT2D eigenvalue weighted by molar-refractivity contribution is 6.08. The van der Waals surface area contributed by atoms with Crippen LogP contribution in [-0.4, -0.2) is 30.2 Å². The second-order valence-electron chi connectivity index (χ2n) is 9.28. The van der Waals surface area contributed by atoms with Gasteiger partial charge in [0.25, 0.3) is 0 Å². The van der Waals surface area contributed by atoms with Gasteiger partial charge in [0.1, 0.15) is 0 Å². The fraction of sp³-hybridized carbons (Fsp3) is 0.385. The monoisotopic (exact) mass is 444 g/mol. The molecule has 2 fully saturated rings. The third kappa shape index (κ3) is 3.17. The maximum Gasteiger partial charge on any atom is 0.246 e. The molecule has 0 spiro atoms. The SMILES string of the molecule is O=C(C1CC1)N1N=C2C(=Cc3ccc4c(c3)OCO4)CCCC2C1c1ccc2c(c1)OCO2. The van der Waals surface area contributed by atoms with Crippen LogP contribution >= 0.6 is 0 Å². The second-order valence-corrected chi connectivity index (χ2v) is 9.28. The van der Waals surface area contributed by atoms with Crippen molar-refractivity contribution in [1.29, 1.82) is 0 Å². The summed E-state index contributed by atoms with van der Waals surface area (Å²) in [4.78, 5) is 13.3. The number of ether oxygens (including phenoxy) is 4. The topological polar surface area (TPSA) is 69.6 Å². The Morgan fingerprint density at radius 2 is 1.64 bits per heavy atom. The molecule has 7 nitrogen and oxygen atoms in total. The van der Waals surface area contributed by atoms with Gasteiger partial charge in [-0.1, -0.05) is 12.1 Å². The molecule has 0 aromatic heterocycles. The summed E-state index contributed by atoms with van der Waals surface area (Å²) in [6, 6.07) is 11.9. The number of nitrogens with zero attached hydrogens (tertiary/aromatic N) is 2. The van der Waals surface area contributed by atoms with E-state index >= 15 is 0 Å². The maximum atomic E-state index is 13.3. The predicted octanol–water partition coefficient (Wildman–Crippen LogP) is 4.68. The van der Waals surface area contributed by atoms with Crippen molar-refractivity contribution in [1.82, 2.24) is 5.01 Å². The van der Waals surface area contributed by atoms with E-state index in [2.05, 4.69) is 12.1 Å². The highest BCUT2D eigenvalue weighted by Gasteiger charge is 2.47. The highest BCUT2D eigenvalue weighted by atomic mass is 16.7. The third-order valence-corrected chi connectivity index (χ3v) is 7.13. The van der Waals surface area contributed by atoms with Gasteiger partial charge in [-0.3, -0.25) is 4.79 Å². The number of carbonyl (C=O) groups is 1. The maximum absolute atomic E-state index is 13.3. The number of rotatable bonds is 3. The number of hydrogen-bond donors (Lipinski definition) is 0. The quantitative estimate of drug-likeness (QED) is 0.688. The smallest absolute Gasteiger partial charge is 0.246 e. The summed E-state index contributed by atoms with van der Waals surface area (Å²) in [5.74, 6) is 3.46. The molecule has 3 aliphatic heterocycles. The zero-order valence-corrected chi connectivity index (χ0v) is 18.2. The number of hydrazone groups is 1. The standard InChI is InChI=1S/C26H24N2O5/c29-26(16-5-6-16)28-25(18-7-9-21-23(12-18)33-14-31-21)19-3-1-2-17(24(19)27-28)10-15-4-8-20-22(11-15)32-13-30-20/h4,7-12,16,19,25H,1-3,5-6,13-14H2. The summed E-state index contributed by atoms with van der Waals surface area (Å²) in [5, 5.41) is 6.75. The van der Waals surface area contributed by atoms with Gasteiger partial charge in [0.05, 0.1) is 11.8 Å². The van der Waals surface area contributed by atoms with Crippen molar-refractivity contribution in [3.05, 3.63) is 53.1 Å². The number of benzene rings is 2. The number of fused-ring (bicyclic) bond motifs is 3. The molecule has 3 heterocycles. The predicted molar refractivity (Wildman–Crippen MR) is 120 cm³/mol. The fourth-order valence-electron chi connectivity index (χ4n) is 5.33. The Morgan fingerprint density at radius 1 is 0.909 bits per heavy atom. The third-order valence-electron chi connectivity index (χ3n) is 7.13. The van der Waals surface area contributed by atoms with E-state index in [0.29, 0.717) is 0 Å². The number of amides is 1. The lowest BCUT2D eigenvalue weighted by atomic mass is 9.77. The number of carbonyl (C=O) groups excluding carboxylic acids is 1. The van der Waals surface area contributed by atoms with Gasteiger partial charge in [-0.2, -0.15) is 5.10 Å². The largest absolute Gasteiger partial charge is 0.454 e. The Labute approximate surface area is 191 Å². The summed E-state index contributed by atoms with van der Waals surface area (Å²) >= 11 is 0. The fourth-order valence-corrected chi connectivity index (χ4v) is 5.33. The van der Waals surface area contributed by atoms with Gasteiger partial charge in [0, 0.05) is 11.8 Å². The van der Waals surface area contributed by atoms with Gasteiger partial charge >= 0.3 is 0 Å². The van der Waals surface area contributed by atoms with Crippen molar-refractivity contribution in [2.45, 2.75) is 38.1 Å². The van der Waals surface area contributed by atoms with Crippen LogP contribution < -0.4 is 18.9 Å².